The molecule has 0 unspecified atom stereocenters. The Kier molecular flexibility index (Phi) is 4.06. The lowest BCUT2D eigenvalue weighted by molar-refractivity contribution is 0.0572. The molecule has 1 aliphatic rings. The molecule has 2 atom stereocenters. The quantitative estimate of drug-likeness (QED) is 0.653. The third kappa shape index (κ3) is 3.06. The zero-order valence-electron chi connectivity index (χ0n) is 12.8. The first-order valence-electron chi connectivity index (χ1n) is 7.56. The van der Waals surface area contributed by atoms with Gasteiger partial charge in [0.15, 0.2) is 0 Å². The zero-order chi connectivity index (χ0) is 16.6. The highest BCUT2D eigenvalue weighted by Crippen LogP contribution is 2.33. The highest BCUT2D eigenvalue weighted by molar-refractivity contribution is 5.73. The molecule has 3 rings (SSSR count). The van der Waals surface area contributed by atoms with Crippen LogP contribution in [0.3, 0.4) is 0 Å². The first-order valence-corrected chi connectivity index (χ1v) is 7.56. The number of hydrogen-bond acceptors (Lipinski definition) is 7. The summed E-state index contributed by atoms with van der Waals surface area (Å²) in [6, 6.07) is 6.89. The number of aliphatic hydroxyl groups is 2. The Labute approximate surface area is 134 Å². The van der Waals surface area contributed by atoms with Crippen molar-refractivity contribution in [2.75, 3.05) is 23.7 Å². The van der Waals surface area contributed by atoms with Crippen LogP contribution in [0.4, 0.5) is 11.6 Å². The first-order chi connectivity index (χ1) is 11.0. The number of aliphatic hydroxyl groups excluding tert-OH is 2. The second-order valence-electron chi connectivity index (χ2n) is 5.70. The highest BCUT2D eigenvalue weighted by Gasteiger charge is 2.30. The summed E-state index contributed by atoms with van der Waals surface area (Å²) in [6.45, 7) is 2.66. The number of benzene rings is 1. The molecule has 23 heavy (non-hydrogen) atoms. The lowest BCUT2D eigenvalue weighted by Gasteiger charge is -2.19. The van der Waals surface area contributed by atoms with Gasteiger partial charge in [-0.15, -0.1) is 0 Å². The fraction of sp³-hybridized carbons (Fsp3) is 0.375. The number of nitrogens with two attached hydrogens (primary N) is 1. The van der Waals surface area contributed by atoms with Crippen LogP contribution in [-0.4, -0.2) is 50.6 Å². The number of hydrogen-bond donors (Lipinski definition) is 4. The van der Waals surface area contributed by atoms with Crippen molar-refractivity contribution in [1.82, 2.24) is 9.97 Å². The van der Waals surface area contributed by atoms with E-state index in [-0.39, 0.29) is 11.7 Å². The van der Waals surface area contributed by atoms with Crippen LogP contribution in [0.25, 0.3) is 11.3 Å². The van der Waals surface area contributed by atoms with E-state index in [1.165, 1.54) is 0 Å². The Morgan fingerprint density at radius 2 is 1.87 bits per heavy atom. The number of aryl methyl sites for hydroxylation is 1. The van der Waals surface area contributed by atoms with Gasteiger partial charge in [0, 0.05) is 30.0 Å². The summed E-state index contributed by atoms with van der Waals surface area (Å²) in [4.78, 5) is 10.2. The van der Waals surface area contributed by atoms with E-state index in [2.05, 4.69) is 9.97 Å². The highest BCUT2D eigenvalue weighted by atomic mass is 16.3. The van der Waals surface area contributed by atoms with Gasteiger partial charge in [0.25, 0.3) is 0 Å². The van der Waals surface area contributed by atoms with Crippen LogP contribution in [0.2, 0.25) is 0 Å². The number of anilines is 2. The van der Waals surface area contributed by atoms with Crippen molar-refractivity contribution in [3.8, 4) is 17.0 Å². The average molecular weight is 316 g/mol. The molecular formula is C16H20N4O3. The molecule has 1 aromatic carbocycles. The van der Waals surface area contributed by atoms with E-state index in [4.69, 9.17) is 5.73 Å². The predicted molar refractivity (Wildman–Crippen MR) is 87.1 cm³/mol. The van der Waals surface area contributed by atoms with E-state index < -0.39 is 12.2 Å². The molecule has 1 fully saturated rings. The fourth-order valence-corrected chi connectivity index (χ4v) is 2.74. The van der Waals surface area contributed by atoms with Crippen LogP contribution in [0.5, 0.6) is 5.75 Å². The van der Waals surface area contributed by atoms with Crippen LogP contribution in [0.15, 0.2) is 24.3 Å². The van der Waals surface area contributed by atoms with Crippen molar-refractivity contribution in [2.24, 2.45) is 0 Å². The second-order valence-corrected chi connectivity index (χ2v) is 5.70. The molecule has 0 bridgehead atoms. The van der Waals surface area contributed by atoms with Gasteiger partial charge >= 0.3 is 0 Å². The smallest absolute Gasteiger partial charge is 0.220 e. The van der Waals surface area contributed by atoms with Crippen LogP contribution in [-0.2, 0) is 6.42 Å². The molecule has 7 heteroatoms. The maximum absolute atomic E-state index is 10.2. The molecule has 2 aromatic rings. The minimum atomic E-state index is -0.770. The zero-order valence-corrected chi connectivity index (χ0v) is 12.8. The van der Waals surface area contributed by atoms with E-state index in [1.54, 1.807) is 24.3 Å². The summed E-state index contributed by atoms with van der Waals surface area (Å²) in [6.07, 6.45) is -0.827. The number of β-amino-alcohol motifs (C(OH)–C–C–N with tert-alkyl or cyclic N) is 2. The van der Waals surface area contributed by atoms with Crippen LogP contribution in [0.1, 0.15) is 12.6 Å². The second kappa shape index (κ2) is 6.02. The molecule has 0 amide bonds. The normalized spacial score (nSPS) is 20.9. The van der Waals surface area contributed by atoms with E-state index in [1.807, 2.05) is 11.8 Å². The molecule has 0 aliphatic carbocycles. The van der Waals surface area contributed by atoms with Crippen molar-refractivity contribution in [3.05, 3.63) is 30.0 Å². The molecular weight excluding hydrogens is 296 g/mol. The van der Waals surface area contributed by atoms with Crippen molar-refractivity contribution in [1.29, 1.82) is 0 Å². The SMILES string of the molecule is CCc1cc(-c2cc(N3C[C@H](O)[C@@H](O)C3)ccc2O)nc(N)n1. The average Bonchev–Trinajstić information content (AvgIpc) is 2.86. The van der Waals surface area contributed by atoms with Gasteiger partial charge in [-0.2, -0.15) is 0 Å². The summed E-state index contributed by atoms with van der Waals surface area (Å²) in [5, 5.41) is 29.6. The standard InChI is InChI=1S/C16H20N4O3/c1-2-9-5-12(19-16(17)18-9)11-6-10(3-4-13(11)21)20-7-14(22)15(23)8-20/h3-6,14-15,21-23H,2,7-8H2,1H3,(H2,17,18,19)/t14-,15-/m0/s1. The van der Waals surface area contributed by atoms with Gasteiger partial charge < -0.3 is 26.0 Å². The van der Waals surface area contributed by atoms with E-state index >= 15 is 0 Å². The molecule has 122 valence electrons. The van der Waals surface area contributed by atoms with Gasteiger partial charge in [-0.1, -0.05) is 6.92 Å². The Hall–Kier alpha value is -2.38. The summed E-state index contributed by atoms with van der Waals surface area (Å²) in [5.74, 6) is 0.255. The molecule has 2 heterocycles. The summed E-state index contributed by atoms with van der Waals surface area (Å²) in [7, 11) is 0. The molecule has 1 saturated heterocycles. The van der Waals surface area contributed by atoms with E-state index in [0.29, 0.717) is 30.8 Å². The van der Waals surface area contributed by atoms with Gasteiger partial charge in [0.1, 0.15) is 5.75 Å². The fourth-order valence-electron chi connectivity index (χ4n) is 2.74. The summed E-state index contributed by atoms with van der Waals surface area (Å²) < 4.78 is 0. The number of phenols is 1. The number of rotatable bonds is 3. The maximum atomic E-state index is 10.2. The Morgan fingerprint density at radius 3 is 2.52 bits per heavy atom. The molecule has 7 nitrogen and oxygen atoms in total. The van der Waals surface area contributed by atoms with E-state index in [9.17, 15) is 15.3 Å². The van der Waals surface area contributed by atoms with Gasteiger partial charge in [-0.3, -0.25) is 0 Å². The molecule has 1 aromatic heterocycles. The van der Waals surface area contributed by atoms with Gasteiger partial charge in [-0.05, 0) is 30.7 Å². The minimum Gasteiger partial charge on any atom is -0.507 e. The Morgan fingerprint density at radius 1 is 1.17 bits per heavy atom. The molecule has 0 spiro atoms. The van der Waals surface area contributed by atoms with Crippen LogP contribution < -0.4 is 10.6 Å². The molecule has 0 saturated carbocycles. The first kappa shape index (κ1) is 15.5. The lowest BCUT2D eigenvalue weighted by atomic mass is 10.1. The molecule has 1 aliphatic heterocycles. The van der Waals surface area contributed by atoms with Crippen LogP contribution >= 0.6 is 0 Å². The number of nitrogen functional groups attached to an aromatic ring is 1. The van der Waals surface area contributed by atoms with Gasteiger partial charge in [-0.25, -0.2) is 9.97 Å². The van der Waals surface area contributed by atoms with Crippen molar-refractivity contribution in [3.63, 3.8) is 0 Å². The van der Waals surface area contributed by atoms with Gasteiger partial charge in [0.05, 0.1) is 17.9 Å². The topological polar surface area (TPSA) is 116 Å². The third-order valence-electron chi connectivity index (χ3n) is 4.04. The number of nitrogens with zero attached hydrogens (tertiary/aromatic N) is 3. The number of phenolic OH excluding ortho intramolecular Hbond substituents is 1. The maximum Gasteiger partial charge on any atom is 0.220 e. The van der Waals surface area contributed by atoms with Gasteiger partial charge in [0.2, 0.25) is 5.95 Å². The number of aromatic hydroxyl groups is 1. The molecule has 0 radical (unpaired) electrons. The Bertz CT molecular complexity index is 712. The minimum absolute atomic E-state index is 0.0918. The third-order valence-corrected chi connectivity index (χ3v) is 4.04. The lowest BCUT2D eigenvalue weighted by Crippen LogP contribution is -2.22. The van der Waals surface area contributed by atoms with Crippen molar-refractivity contribution < 1.29 is 15.3 Å². The number of aromatic nitrogens is 2. The van der Waals surface area contributed by atoms with Crippen LogP contribution in [0, 0.1) is 0 Å². The van der Waals surface area contributed by atoms with Crippen molar-refractivity contribution in [2.45, 2.75) is 25.6 Å². The van der Waals surface area contributed by atoms with E-state index in [0.717, 1.165) is 11.4 Å². The summed E-state index contributed by atoms with van der Waals surface area (Å²) in [5.41, 5.74) is 8.42. The Balaban J connectivity index is 2.00. The largest absolute Gasteiger partial charge is 0.507 e. The molecule has 5 N–H and O–H groups in total. The summed E-state index contributed by atoms with van der Waals surface area (Å²) >= 11 is 0. The monoisotopic (exact) mass is 316 g/mol. The predicted octanol–water partition coefficient (Wildman–Crippen LogP) is 0.536. The van der Waals surface area contributed by atoms with Crippen molar-refractivity contribution >= 4 is 11.6 Å².